The highest BCUT2D eigenvalue weighted by molar-refractivity contribution is 5.99. The van der Waals surface area contributed by atoms with Gasteiger partial charge in [0.15, 0.2) is 0 Å². The molecule has 12 atom stereocenters. The first-order valence-corrected chi connectivity index (χ1v) is 30.3. The molecule has 1 saturated heterocycles. The number of amides is 11. The molecule has 0 aliphatic carbocycles. The summed E-state index contributed by atoms with van der Waals surface area (Å²) in [7, 11) is 0. The Balaban J connectivity index is 2.70. The quantitative estimate of drug-likeness (QED) is 0.0302. The van der Waals surface area contributed by atoms with Crippen LogP contribution in [0.1, 0.15) is 142 Å². The van der Waals surface area contributed by atoms with Crippen molar-refractivity contribution < 1.29 is 63.0 Å². The van der Waals surface area contributed by atoms with Crippen LogP contribution in [0.4, 0.5) is 0 Å². The minimum absolute atomic E-state index is 0.0135. The molecule has 23 N–H and O–H groups in total. The van der Waals surface area contributed by atoms with E-state index in [0.717, 1.165) is 38.5 Å². The second-order valence-electron chi connectivity index (χ2n) is 21.7. The fourth-order valence-electron chi connectivity index (χ4n) is 9.37. The van der Waals surface area contributed by atoms with Crippen molar-refractivity contribution in [2.24, 2.45) is 28.7 Å². The molecule has 1 aliphatic rings. The van der Waals surface area contributed by atoms with E-state index in [2.05, 4.69) is 65.4 Å². The molecule has 29 nitrogen and oxygen atoms in total. The van der Waals surface area contributed by atoms with Crippen molar-refractivity contribution >= 4 is 65.0 Å². The molecule has 0 radical (unpaired) electrons. The summed E-state index contributed by atoms with van der Waals surface area (Å²) >= 11 is 0. The summed E-state index contributed by atoms with van der Waals surface area (Å²) in [5.74, 6) is -9.64. The molecule has 2 rings (SSSR count). The number of hydrogen-bond donors (Lipinski definition) is 18. The summed E-state index contributed by atoms with van der Waals surface area (Å²) in [6, 6.07) is -6.11. The van der Waals surface area contributed by atoms with Crippen LogP contribution in [-0.4, -0.2) is 187 Å². The lowest BCUT2D eigenvalue weighted by molar-refractivity contribution is -0.137. The monoisotopic (exact) mass is 1220 g/mol. The van der Waals surface area contributed by atoms with E-state index in [-0.39, 0.29) is 84.1 Å². The lowest BCUT2D eigenvalue weighted by Gasteiger charge is -2.28. The second-order valence-corrected chi connectivity index (χ2v) is 21.7. The molecule has 0 spiro atoms. The summed E-state index contributed by atoms with van der Waals surface area (Å²) in [5.41, 5.74) is 30.0. The fraction of sp³-hybridized carbons (Fsp3) is 0.702. The molecule has 0 bridgehead atoms. The molecule has 1 aliphatic heterocycles. The Kier molecular flexibility index (Phi) is 36.8. The van der Waals surface area contributed by atoms with E-state index in [1.54, 1.807) is 30.3 Å². The van der Waals surface area contributed by atoms with Crippen molar-refractivity contribution in [2.75, 3.05) is 39.3 Å². The molecule has 0 saturated carbocycles. The zero-order valence-corrected chi connectivity index (χ0v) is 50.6. The molecule has 1 fully saturated rings. The topological polar surface area (TPSA) is 491 Å². The van der Waals surface area contributed by atoms with Crippen molar-refractivity contribution in [3.8, 4) is 0 Å². The van der Waals surface area contributed by atoms with Gasteiger partial charge in [0.25, 0.3) is 0 Å². The van der Waals surface area contributed by atoms with Crippen LogP contribution in [0.15, 0.2) is 30.3 Å². The Morgan fingerprint density at radius 2 is 0.988 bits per heavy atom. The van der Waals surface area contributed by atoms with E-state index in [4.69, 9.17) is 28.7 Å². The highest BCUT2D eigenvalue weighted by atomic mass is 16.3. The van der Waals surface area contributed by atoms with Crippen LogP contribution in [0.2, 0.25) is 0 Å². The number of benzene rings is 1. The summed E-state index contributed by atoms with van der Waals surface area (Å²) in [6.07, 6.45) is 2.93. The van der Waals surface area contributed by atoms with Gasteiger partial charge in [-0.15, -0.1) is 0 Å². The van der Waals surface area contributed by atoms with Crippen LogP contribution in [0.3, 0.4) is 0 Å². The van der Waals surface area contributed by atoms with Gasteiger partial charge in [-0.2, -0.15) is 0 Å². The second kappa shape index (κ2) is 42.0. The number of hydrogen-bond acceptors (Lipinski definition) is 18. The standard InChI is InChI=1S/C57H100N16O13/c1-5-7-9-11-16-20-45(76)64-38(21-27-58)53(82)73-47(35(4)75)57(86)70-41(24-30-61)50(79)69-43-26-32-63-56(85)46(34(3)74)72-54(83)42(25-31-62)68-49(78)39(22-28-59)66-48(77)37(19-15-10-8-6-2)65-55(84)44(33-36-17-13-12-14-18-36)71-51(80)40(23-29-60)67-52(43)81/h12-14,17-18,34-35,37-44,46-47,74-75H,5-11,15-16,19-33,58-62H2,1-4H3,(H,63,85)(H,64,76)(H,65,84)(H,66,77)(H,67,81)(H,68,78)(H,69,79)(H,70,86)(H,71,80)(H,72,83)(H,73,82)/t34-,35+,37?,38+,39+,40-,41+,42+,43+,44-,46+,47+/m1/s1. The van der Waals surface area contributed by atoms with Gasteiger partial charge >= 0.3 is 0 Å². The van der Waals surface area contributed by atoms with Crippen LogP contribution in [0.25, 0.3) is 0 Å². The van der Waals surface area contributed by atoms with E-state index in [0.29, 0.717) is 24.8 Å². The molecule has 1 aromatic rings. The average Bonchev–Trinajstić information content (AvgIpc) is 3.68. The number of aliphatic hydroxyl groups is 2. The number of unbranched alkanes of at least 4 members (excludes halogenated alkanes) is 7. The van der Waals surface area contributed by atoms with Crippen LogP contribution >= 0.6 is 0 Å². The molecule has 486 valence electrons. The molecule has 1 aromatic carbocycles. The van der Waals surface area contributed by atoms with Crippen molar-refractivity contribution in [1.82, 2.24) is 58.5 Å². The largest absolute Gasteiger partial charge is 0.391 e. The lowest BCUT2D eigenvalue weighted by Crippen LogP contribution is -2.62. The summed E-state index contributed by atoms with van der Waals surface area (Å²) in [5, 5.41) is 49.8. The number of rotatable bonds is 32. The molecular weight excluding hydrogens is 1120 g/mol. The summed E-state index contributed by atoms with van der Waals surface area (Å²) < 4.78 is 0. The fourth-order valence-corrected chi connectivity index (χ4v) is 9.37. The van der Waals surface area contributed by atoms with E-state index in [1.165, 1.54) is 13.8 Å². The number of carbonyl (C=O) groups is 11. The van der Waals surface area contributed by atoms with E-state index >= 15 is 0 Å². The van der Waals surface area contributed by atoms with Crippen molar-refractivity contribution in [3.63, 3.8) is 0 Å². The van der Waals surface area contributed by atoms with Gasteiger partial charge in [-0.05, 0) is 104 Å². The van der Waals surface area contributed by atoms with Gasteiger partial charge < -0.3 is 97.4 Å². The number of nitrogens with one attached hydrogen (secondary N) is 11. The van der Waals surface area contributed by atoms with Gasteiger partial charge in [0.1, 0.15) is 60.4 Å². The number of nitrogens with two attached hydrogens (primary N) is 5. The van der Waals surface area contributed by atoms with Gasteiger partial charge in [0.2, 0.25) is 65.0 Å². The Bertz CT molecular complexity index is 2300. The Morgan fingerprint density at radius 3 is 1.49 bits per heavy atom. The smallest absolute Gasteiger partial charge is 0.245 e. The zero-order chi connectivity index (χ0) is 64.1. The minimum Gasteiger partial charge on any atom is -0.391 e. The third kappa shape index (κ3) is 27.6. The Labute approximate surface area is 504 Å². The van der Waals surface area contributed by atoms with Crippen molar-refractivity contribution in [2.45, 2.75) is 216 Å². The maximum absolute atomic E-state index is 14.6. The van der Waals surface area contributed by atoms with Gasteiger partial charge in [-0.25, -0.2) is 0 Å². The third-order valence-electron chi connectivity index (χ3n) is 14.4. The van der Waals surface area contributed by atoms with E-state index in [9.17, 15) is 63.0 Å². The van der Waals surface area contributed by atoms with Gasteiger partial charge in [0.05, 0.1) is 12.2 Å². The first kappa shape index (κ1) is 75.2. The Morgan fingerprint density at radius 1 is 0.523 bits per heavy atom. The highest BCUT2D eigenvalue weighted by Crippen LogP contribution is 2.12. The van der Waals surface area contributed by atoms with Crippen LogP contribution in [0.5, 0.6) is 0 Å². The number of carbonyl (C=O) groups excluding carboxylic acids is 11. The van der Waals surface area contributed by atoms with Crippen LogP contribution < -0.4 is 87.2 Å². The third-order valence-corrected chi connectivity index (χ3v) is 14.4. The number of aliphatic hydroxyl groups excluding tert-OH is 2. The molecule has 11 amide bonds. The van der Waals surface area contributed by atoms with Crippen LogP contribution in [0, 0.1) is 0 Å². The SMILES string of the molecule is CCCCCCCC(=O)N[C@@H](CCN)C(=O)N[C@H](C(=O)N[C@@H](CCN)C(=O)N[C@H]1CCNC(=O)[C@H]([C@@H](C)O)NC(=O)[C@H](CCN)NC(=O)[C@H](CCN)NC(=O)C(CCCCCC)NC(=O)[C@@H](Cc2ccccc2)NC(=O)[C@@H](CCN)NC1=O)[C@H](C)O. The molecule has 86 heavy (non-hydrogen) atoms. The van der Waals surface area contributed by atoms with E-state index in [1.807, 2.05) is 6.92 Å². The molecule has 0 aromatic heterocycles. The van der Waals surface area contributed by atoms with Crippen molar-refractivity contribution in [1.29, 1.82) is 0 Å². The zero-order valence-electron chi connectivity index (χ0n) is 50.6. The summed E-state index contributed by atoms with van der Waals surface area (Å²) in [4.78, 5) is 154. The first-order chi connectivity index (χ1) is 41.1. The Hall–Kier alpha value is -6.89. The van der Waals surface area contributed by atoms with Crippen LogP contribution in [-0.2, 0) is 59.2 Å². The lowest BCUT2D eigenvalue weighted by atomic mass is 10.0. The predicted octanol–water partition coefficient (Wildman–Crippen LogP) is -4.57. The first-order valence-electron chi connectivity index (χ1n) is 30.3. The van der Waals surface area contributed by atoms with Gasteiger partial charge in [0, 0.05) is 19.4 Å². The predicted molar refractivity (Wildman–Crippen MR) is 321 cm³/mol. The molecule has 1 unspecified atom stereocenters. The van der Waals surface area contributed by atoms with Gasteiger partial charge in [-0.3, -0.25) is 52.7 Å². The maximum Gasteiger partial charge on any atom is 0.245 e. The maximum atomic E-state index is 14.6. The highest BCUT2D eigenvalue weighted by Gasteiger charge is 2.37. The molecule has 1 heterocycles. The minimum atomic E-state index is -1.70. The van der Waals surface area contributed by atoms with Crippen molar-refractivity contribution in [3.05, 3.63) is 35.9 Å². The molecular formula is C57H100N16O13. The normalized spacial score (nSPS) is 22.3. The van der Waals surface area contributed by atoms with Gasteiger partial charge in [-0.1, -0.05) is 95.5 Å². The summed E-state index contributed by atoms with van der Waals surface area (Å²) in [6.45, 7) is 5.32. The van der Waals surface area contributed by atoms with E-state index < -0.39 is 151 Å². The molecule has 29 heteroatoms. The average molecular weight is 1220 g/mol.